The highest BCUT2D eigenvalue weighted by molar-refractivity contribution is 6.25. The minimum Gasteiger partial charge on any atom is -0.510 e. The molecule has 0 unspecified atom stereocenters. The van der Waals surface area contributed by atoms with Gasteiger partial charge in [0.1, 0.15) is 22.8 Å². The summed E-state index contributed by atoms with van der Waals surface area (Å²) in [5, 5.41) is 58.8. The monoisotopic (exact) mass is 598 g/mol. The van der Waals surface area contributed by atoms with Crippen molar-refractivity contribution in [3.05, 3.63) is 87.9 Å². The number of likely N-dealkylation sites (N-methyl/N-ethyl adjacent to an activating group) is 1. The van der Waals surface area contributed by atoms with Crippen molar-refractivity contribution in [2.75, 3.05) is 14.1 Å². The predicted molar refractivity (Wildman–Crippen MR) is 158 cm³/mol. The molecule has 0 spiro atoms. The number of aliphatic hydroxyl groups is 4. The Morgan fingerprint density at radius 3 is 2.23 bits per heavy atom. The molecule has 226 valence electrons. The van der Waals surface area contributed by atoms with E-state index in [4.69, 9.17) is 5.73 Å². The lowest BCUT2D eigenvalue weighted by molar-refractivity contribution is -0.162. The average molecular weight is 599 g/mol. The van der Waals surface area contributed by atoms with Gasteiger partial charge in [0.25, 0.3) is 5.91 Å². The molecular weight excluding hydrogens is 568 g/mol. The molecule has 0 aromatic heterocycles. The number of hydrogen-bond donors (Lipinski definition) is 6. The number of aromatic hydroxyl groups is 1. The number of amides is 1. The molecule has 0 saturated heterocycles. The fourth-order valence-electron chi connectivity index (χ4n) is 7.60. The molecule has 0 bridgehead atoms. The first-order chi connectivity index (χ1) is 20.8. The number of phenolic OH excluding ortho intramolecular Hbond substituents is 1. The highest BCUT2D eigenvalue weighted by Crippen LogP contribution is 2.57. The van der Waals surface area contributed by atoms with E-state index in [1.807, 2.05) is 6.07 Å². The third kappa shape index (κ3) is 3.60. The molecule has 0 aliphatic heterocycles. The average Bonchev–Trinajstić information content (AvgIpc) is 2.98. The Hall–Kier alpha value is -4.84. The Morgan fingerprint density at radius 1 is 0.977 bits per heavy atom. The number of nitrogens with zero attached hydrogens (tertiary/aromatic N) is 1. The largest absolute Gasteiger partial charge is 0.510 e. The summed E-state index contributed by atoms with van der Waals surface area (Å²) in [6.07, 6.45) is -0.973. The van der Waals surface area contributed by atoms with Gasteiger partial charge < -0.3 is 31.3 Å². The van der Waals surface area contributed by atoms with Crippen LogP contribution >= 0.6 is 0 Å². The maximum absolute atomic E-state index is 14.2. The molecule has 11 heteroatoms. The van der Waals surface area contributed by atoms with Gasteiger partial charge in [-0.15, -0.1) is 0 Å². The van der Waals surface area contributed by atoms with E-state index in [9.17, 15) is 44.7 Å². The highest BCUT2D eigenvalue weighted by atomic mass is 16.4. The SMILES string of the molecule is C[C@H]1c2c(-c3ccc(C=O)c4ccccc34)ccc(O)c2C(=O)C2=C(O)[C@]3(O)C(=O)C(C(N)=O)=C(O)[C@@H](N(C)C)[C@@H]3[C@@H](O)[C@@H]21. The number of ketones is 2. The van der Waals surface area contributed by atoms with Crippen molar-refractivity contribution in [2.24, 2.45) is 17.6 Å². The lowest BCUT2D eigenvalue weighted by Crippen LogP contribution is -2.68. The third-order valence-electron chi connectivity index (χ3n) is 9.48. The third-order valence-corrected chi connectivity index (χ3v) is 9.48. The molecule has 0 saturated carbocycles. The number of carbonyl (C=O) groups excluding carboxylic acids is 4. The lowest BCUT2D eigenvalue weighted by atomic mass is 9.55. The van der Waals surface area contributed by atoms with Crippen molar-refractivity contribution in [2.45, 2.75) is 30.6 Å². The number of rotatable bonds is 4. The van der Waals surface area contributed by atoms with E-state index in [2.05, 4.69) is 0 Å². The maximum Gasteiger partial charge on any atom is 0.255 e. The number of carbonyl (C=O) groups is 4. The lowest BCUT2D eigenvalue weighted by Gasteiger charge is -2.53. The van der Waals surface area contributed by atoms with E-state index in [1.165, 1.54) is 25.1 Å². The van der Waals surface area contributed by atoms with E-state index < -0.39 is 81.4 Å². The number of aliphatic hydroxyl groups excluding tert-OH is 3. The topological polar surface area (TPSA) is 199 Å². The number of Topliss-reactive ketones (excluding diaryl/α,β-unsaturated/α-hetero) is 2. The van der Waals surface area contributed by atoms with E-state index in [1.54, 1.807) is 43.3 Å². The normalized spacial score (nSPS) is 28.2. The standard InChI is InChI=1S/C33H30N2O9/c1-13-20-18(17-9-8-14(12-36)15-6-4-5-7-16(15)17)10-11-19(37)22(20)27(38)23-21(13)28(39)25-26(35(2)3)29(40)24(32(34)43)31(42)33(25,44)30(23)41/h4-13,21,25-26,28,37,39-41,44H,1-3H3,(H2,34,43)/t13-,21+,25+,26-,28-,33-/m0/s1. The molecule has 3 aliphatic carbocycles. The first kappa shape index (κ1) is 29.2. The summed E-state index contributed by atoms with van der Waals surface area (Å²) >= 11 is 0. The van der Waals surface area contributed by atoms with Crippen molar-refractivity contribution in [1.29, 1.82) is 0 Å². The van der Waals surface area contributed by atoms with Crippen LogP contribution in [0.2, 0.25) is 0 Å². The summed E-state index contributed by atoms with van der Waals surface area (Å²) in [6, 6.07) is 12.2. The van der Waals surface area contributed by atoms with Crippen LogP contribution in [-0.2, 0) is 9.59 Å². The zero-order valence-electron chi connectivity index (χ0n) is 24.0. The van der Waals surface area contributed by atoms with Gasteiger partial charge in [0.05, 0.1) is 23.6 Å². The van der Waals surface area contributed by atoms with Gasteiger partial charge in [0.15, 0.2) is 17.7 Å². The molecular formula is C33H30N2O9. The molecule has 0 fully saturated rings. The van der Waals surface area contributed by atoms with E-state index in [0.717, 1.165) is 6.29 Å². The van der Waals surface area contributed by atoms with Gasteiger partial charge in [-0.2, -0.15) is 0 Å². The summed E-state index contributed by atoms with van der Waals surface area (Å²) in [5.41, 5.74) is 2.75. The van der Waals surface area contributed by atoms with Crippen LogP contribution in [0.25, 0.3) is 21.9 Å². The minimum atomic E-state index is -2.99. The van der Waals surface area contributed by atoms with Crippen LogP contribution in [0, 0.1) is 11.8 Å². The van der Waals surface area contributed by atoms with Gasteiger partial charge in [-0.1, -0.05) is 49.4 Å². The number of primary amides is 1. The van der Waals surface area contributed by atoms with Crippen molar-refractivity contribution in [1.82, 2.24) is 4.90 Å². The molecule has 6 atom stereocenters. The van der Waals surface area contributed by atoms with Crippen molar-refractivity contribution in [3.63, 3.8) is 0 Å². The van der Waals surface area contributed by atoms with Gasteiger partial charge >= 0.3 is 0 Å². The molecule has 3 aromatic rings. The van der Waals surface area contributed by atoms with Crippen LogP contribution in [0.3, 0.4) is 0 Å². The van der Waals surface area contributed by atoms with Crippen LogP contribution in [0.4, 0.5) is 0 Å². The van der Waals surface area contributed by atoms with E-state index in [-0.39, 0.29) is 5.56 Å². The zero-order chi connectivity index (χ0) is 32.0. The second kappa shape index (κ2) is 9.84. The minimum absolute atomic E-state index is 0.188. The Morgan fingerprint density at radius 2 is 1.61 bits per heavy atom. The maximum atomic E-state index is 14.2. The van der Waals surface area contributed by atoms with Gasteiger partial charge in [-0.05, 0) is 53.5 Å². The molecule has 0 radical (unpaired) electrons. The number of phenols is 1. The van der Waals surface area contributed by atoms with Gasteiger partial charge in [0.2, 0.25) is 5.78 Å². The van der Waals surface area contributed by atoms with Crippen LogP contribution in [0.1, 0.15) is 39.1 Å². The molecule has 3 aliphatic rings. The Labute approximate surface area is 251 Å². The Bertz CT molecular complexity index is 1890. The first-order valence-corrected chi connectivity index (χ1v) is 13.9. The Kier molecular flexibility index (Phi) is 6.54. The van der Waals surface area contributed by atoms with Crippen molar-refractivity contribution >= 4 is 34.5 Å². The van der Waals surface area contributed by atoms with Crippen molar-refractivity contribution < 1.29 is 44.7 Å². The van der Waals surface area contributed by atoms with Crippen LogP contribution in [0.5, 0.6) is 5.75 Å². The molecule has 11 nitrogen and oxygen atoms in total. The second-order valence-electron chi connectivity index (χ2n) is 11.8. The predicted octanol–water partition coefficient (Wildman–Crippen LogP) is 2.29. The van der Waals surface area contributed by atoms with Gasteiger partial charge in [-0.25, -0.2) is 0 Å². The Balaban J connectivity index is 1.64. The van der Waals surface area contributed by atoms with E-state index in [0.29, 0.717) is 33.0 Å². The van der Waals surface area contributed by atoms with Gasteiger partial charge in [0, 0.05) is 17.1 Å². The fourth-order valence-corrected chi connectivity index (χ4v) is 7.60. The molecule has 7 N–H and O–H groups in total. The number of nitrogens with two attached hydrogens (primary N) is 1. The fraction of sp³-hybridized carbons (Fsp3) is 0.273. The summed E-state index contributed by atoms with van der Waals surface area (Å²) in [4.78, 5) is 53.1. The first-order valence-electron chi connectivity index (χ1n) is 13.9. The number of benzene rings is 3. The summed E-state index contributed by atoms with van der Waals surface area (Å²) < 4.78 is 0. The van der Waals surface area contributed by atoms with Crippen LogP contribution < -0.4 is 5.73 Å². The summed E-state index contributed by atoms with van der Waals surface area (Å²) in [7, 11) is 2.96. The molecule has 0 heterocycles. The zero-order valence-corrected chi connectivity index (χ0v) is 24.0. The quantitative estimate of drug-likeness (QED) is 0.191. The van der Waals surface area contributed by atoms with Crippen LogP contribution in [-0.4, -0.2) is 86.0 Å². The molecule has 6 rings (SSSR count). The highest BCUT2D eigenvalue weighted by Gasteiger charge is 2.67. The number of hydrogen-bond acceptors (Lipinski definition) is 10. The van der Waals surface area contributed by atoms with Crippen molar-refractivity contribution in [3.8, 4) is 16.9 Å². The number of fused-ring (bicyclic) bond motifs is 4. The molecule has 3 aromatic carbocycles. The van der Waals surface area contributed by atoms with Crippen LogP contribution in [0.15, 0.2) is 71.2 Å². The second-order valence-corrected chi connectivity index (χ2v) is 11.8. The molecule has 1 amide bonds. The van der Waals surface area contributed by atoms with Gasteiger partial charge in [-0.3, -0.25) is 24.1 Å². The summed E-state index contributed by atoms with van der Waals surface area (Å²) in [6.45, 7) is 1.68. The summed E-state index contributed by atoms with van der Waals surface area (Å²) in [5.74, 6) is -9.62. The smallest absolute Gasteiger partial charge is 0.255 e. The molecule has 44 heavy (non-hydrogen) atoms. The van der Waals surface area contributed by atoms with E-state index >= 15 is 0 Å². The number of aldehydes is 1.